The summed E-state index contributed by atoms with van der Waals surface area (Å²) in [6.45, 7) is 4.29. The van der Waals surface area contributed by atoms with Gasteiger partial charge in [-0.3, -0.25) is 0 Å². The van der Waals surface area contributed by atoms with Gasteiger partial charge in [-0.05, 0) is 0 Å². The van der Waals surface area contributed by atoms with Crippen LogP contribution >= 0.6 is 0 Å². The van der Waals surface area contributed by atoms with Crippen LogP contribution in [0.3, 0.4) is 0 Å². The number of benzene rings is 4. The third-order valence-corrected chi connectivity index (χ3v) is 18.5. The standard InChI is InChI=1S/C26H24OTe2/c1-21-13-17-25(18-14-21)29(26-19-15-22(2)16-20-26)27-28(23-9-5-3-6-10-23)24-11-7-4-8-12-24/h3-20H,1-2H3/q+2. The molecule has 0 aliphatic rings. The topological polar surface area (TPSA) is 9.23 Å². The fourth-order valence-electron chi connectivity index (χ4n) is 2.91. The summed E-state index contributed by atoms with van der Waals surface area (Å²) < 4.78 is 12.7. The van der Waals surface area contributed by atoms with Gasteiger partial charge in [-0.1, -0.05) is 0 Å². The summed E-state index contributed by atoms with van der Waals surface area (Å²) in [5.41, 5.74) is 2.58. The Labute approximate surface area is 188 Å². The van der Waals surface area contributed by atoms with Crippen molar-refractivity contribution in [3.05, 3.63) is 120 Å². The first kappa shape index (κ1) is 20.7. The Bertz CT molecular complexity index is 945. The first-order valence-electron chi connectivity index (χ1n) is 9.61. The SMILES string of the molecule is Cc1ccc([Te+](O[Te+](c2ccccc2)c2ccccc2)c2ccc(C)cc2)cc1. The van der Waals surface area contributed by atoms with E-state index in [4.69, 9.17) is 1.47 Å². The van der Waals surface area contributed by atoms with Gasteiger partial charge in [0.1, 0.15) is 0 Å². The second-order valence-corrected chi connectivity index (χ2v) is 18.3. The van der Waals surface area contributed by atoms with Crippen molar-refractivity contribution in [3.8, 4) is 0 Å². The summed E-state index contributed by atoms with van der Waals surface area (Å²) in [7, 11) is 0. The van der Waals surface area contributed by atoms with Crippen molar-refractivity contribution in [2.24, 2.45) is 0 Å². The molecule has 0 saturated heterocycles. The predicted molar refractivity (Wildman–Crippen MR) is 126 cm³/mol. The zero-order chi connectivity index (χ0) is 20.1. The van der Waals surface area contributed by atoms with Gasteiger partial charge in [0.25, 0.3) is 0 Å². The van der Waals surface area contributed by atoms with E-state index in [2.05, 4.69) is 123 Å². The first-order valence-corrected chi connectivity index (χ1v) is 16.2. The van der Waals surface area contributed by atoms with Gasteiger partial charge in [-0.2, -0.15) is 0 Å². The molecule has 0 spiro atoms. The molecule has 1 nitrogen and oxygen atoms in total. The van der Waals surface area contributed by atoms with Crippen LogP contribution in [0.1, 0.15) is 11.1 Å². The summed E-state index contributed by atoms with van der Waals surface area (Å²) in [4.78, 5) is 0. The van der Waals surface area contributed by atoms with Crippen LogP contribution in [0.15, 0.2) is 109 Å². The molecular formula is C26H24OTe2+2. The van der Waals surface area contributed by atoms with Gasteiger partial charge in [0.15, 0.2) is 0 Å². The Kier molecular flexibility index (Phi) is 7.10. The minimum absolute atomic E-state index is 1.29. The molecule has 0 amide bonds. The van der Waals surface area contributed by atoms with E-state index in [1.54, 1.807) is 0 Å². The summed E-state index contributed by atoms with van der Waals surface area (Å²) in [5, 5.41) is 0. The molecule has 4 aromatic rings. The molecule has 0 saturated carbocycles. The average molecular weight is 608 g/mol. The molecule has 0 N–H and O–H groups in total. The van der Waals surface area contributed by atoms with Crippen LogP contribution in [0, 0.1) is 13.8 Å². The van der Waals surface area contributed by atoms with Crippen molar-refractivity contribution in [2.45, 2.75) is 13.8 Å². The third kappa shape index (κ3) is 5.32. The molecule has 4 rings (SSSR count). The molecule has 3 heteroatoms. The Hall–Kier alpha value is -1.58. The molecule has 0 aliphatic heterocycles. The number of hydrogen-bond donors (Lipinski definition) is 0. The summed E-state index contributed by atoms with van der Waals surface area (Å²) in [5.74, 6) is 0. The van der Waals surface area contributed by atoms with E-state index in [1.807, 2.05) is 0 Å². The first-order chi connectivity index (χ1) is 14.2. The van der Waals surface area contributed by atoms with E-state index in [-0.39, 0.29) is 0 Å². The van der Waals surface area contributed by atoms with Crippen molar-refractivity contribution in [1.82, 2.24) is 0 Å². The normalized spacial score (nSPS) is 11.2. The van der Waals surface area contributed by atoms with E-state index < -0.39 is 39.9 Å². The molecule has 0 unspecified atom stereocenters. The van der Waals surface area contributed by atoms with Gasteiger partial charge in [0.05, 0.1) is 0 Å². The number of rotatable bonds is 6. The Morgan fingerprint density at radius 2 is 0.724 bits per heavy atom. The van der Waals surface area contributed by atoms with Crippen LogP contribution in [0.5, 0.6) is 0 Å². The number of hydrogen-bond acceptors (Lipinski definition) is 1. The van der Waals surface area contributed by atoms with Gasteiger partial charge >= 0.3 is 190 Å². The fraction of sp³-hybridized carbons (Fsp3) is 0.0769. The van der Waals surface area contributed by atoms with Crippen LogP contribution in [-0.2, 0) is 1.47 Å². The van der Waals surface area contributed by atoms with Crippen LogP contribution in [0.4, 0.5) is 0 Å². The van der Waals surface area contributed by atoms with Gasteiger partial charge in [0, 0.05) is 0 Å². The van der Waals surface area contributed by atoms with Gasteiger partial charge in [-0.15, -0.1) is 0 Å². The molecule has 0 atom stereocenters. The summed E-state index contributed by atoms with van der Waals surface area (Å²) in [6.07, 6.45) is 0. The molecule has 0 radical (unpaired) electrons. The van der Waals surface area contributed by atoms with Crippen LogP contribution in [-0.4, -0.2) is 39.9 Å². The molecule has 0 heterocycles. The van der Waals surface area contributed by atoms with Crippen LogP contribution in [0.2, 0.25) is 0 Å². The Morgan fingerprint density at radius 3 is 1.07 bits per heavy atom. The zero-order valence-corrected chi connectivity index (χ0v) is 21.3. The maximum absolute atomic E-state index is 7.21. The van der Waals surface area contributed by atoms with Gasteiger partial charge < -0.3 is 0 Å². The summed E-state index contributed by atoms with van der Waals surface area (Å²) in [6, 6.07) is 39.6. The molecule has 144 valence electrons. The summed E-state index contributed by atoms with van der Waals surface area (Å²) >= 11 is -4.39. The van der Waals surface area contributed by atoms with Crippen LogP contribution < -0.4 is 14.4 Å². The maximum atomic E-state index is 7.21. The molecule has 4 aromatic carbocycles. The van der Waals surface area contributed by atoms with E-state index >= 15 is 0 Å². The second-order valence-electron chi connectivity index (χ2n) is 6.86. The van der Waals surface area contributed by atoms with Crippen LogP contribution in [0.25, 0.3) is 0 Å². The van der Waals surface area contributed by atoms with Crippen molar-refractivity contribution < 1.29 is 1.47 Å². The molecule has 0 bridgehead atoms. The van der Waals surface area contributed by atoms with Gasteiger partial charge in [-0.25, -0.2) is 0 Å². The fourth-order valence-corrected chi connectivity index (χ4v) is 18.9. The van der Waals surface area contributed by atoms with Crippen molar-refractivity contribution >= 4 is 54.4 Å². The molecule has 0 aromatic heterocycles. The molecule has 0 aliphatic carbocycles. The monoisotopic (exact) mass is 612 g/mol. The van der Waals surface area contributed by atoms with Gasteiger partial charge in [0.2, 0.25) is 0 Å². The molecular weight excluding hydrogens is 583 g/mol. The second kappa shape index (κ2) is 9.95. The van der Waals surface area contributed by atoms with E-state index in [9.17, 15) is 0 Å². The van der Waals surface area contributed by atoms with Crippen molar-refractivity contribution in [3.63, 3.8) is 0 Å². The van der Waals surface area contributed by atoms with Crippen molar-refractivity contribution in [2.75, 3.05) is 0 Å². The quantitative estimate of drug-likeness (QED) is 0.306. The predicted octanol–water partition coefficient (Wildman–Crippen LogP) is 3.23. The van der Waals surface area contributed by atoms with Crippen molar-refractivity contribution in [1.29, 1.82) is 0 Å². The number of aryl methyl sites for hydroxylation is 2. The molecule has 29 heavy (non-hydrogen) atoms. The minimum atomic E-state index is -2.20. The Balaban J connectivity index is 1.78. The molecule has 0 fully saturated rings. The van der Waals surface area contributed by atoms with E-state index in [0.717, 1.165) is 0 Å². The third-order valence-electron chi connectivity index (χ3n) is 4.52. The zero-order valence-electron chi connectivity index (χ0n) is 16.6. The Morgan fingerprint density at radius 1 is 0.414 bits per heavy atom. The van der Waals surface area contributed by atoms with E-state index in [1.165, 1.54) is 25.6 Å². The average Bonchev–Trinajstić information content (AvgIpc) is 2.77. The van der Waals surface area contributed by atoms with E-state index in [0.29, 0.717) is 0 Å².